The lowest BCUT2D eigenvalue weighted by molar-refractivity contribution is 0.0749. The molecule has 1 aromatic rings. The Bertz CT molecular complexity index is 379. The van der Waals surface area contributed by atoms with Crippen LogP contribution in [0.5, 0.6) is 0 Å². The van der Waals surface area contributed by atoms with Crippen LogP contribution in [-0.2, 0) is 6.42 Å². The molecule has 2 unspecified atom stereocenters. The fraction of sp³-hybridized carbons (Fsp3) is 0.625. The van der Waals surface area contributed by atoms with Crippen molar-refractivity contribution in [2.24, 2.45) is 0 Å². The van der Waals surface area contributed by atoms with E-state index >= 15 is 0 Å². The number of halogens is 2. The number of nitrogens with one attached hydrogen (secondary N) is 1. The average molecular weight is 284 g/mol. The molecule has 1 N–H and O–H groups in total. The topological polar surface area (TPSA) is 15.3 Å². The molecule has 1 rings (SSSR count). The summed E-state index contributed by atoms with van der Waals surface area (Å²) >= 11 is 0. The molecule has 114 valence electrons. The molecule has 2 atom stereocenters. The first-order chi connectivity index (χ1) is 9.49. The Hall–Kier alpha value is -1.00. The Morgan fingerprint density at radius 1 is 1.15 bits per heavy atom. The Morgan fingerprint density at radius 3 is 2.20 bits per heavy atom. The molecule has 0 aromatic heterocycles. The zero-order chi connectivity index (χ0) is 15.1. The Kier molecular flexibility index (Phi) is 7.10. The fourth-order valence-corrected chi connectivity index (χ4v) is 2.39. The van der Waals surface area contributed by atoms with E-state index in [-0.39, 0.29) is 18.6 Å². The molecule has 20 heavy (non-hydrogen) atoms. The van der Waals surface area contributed by atoms with E-state index in [1.165, 1.54) is 5.56 Å². The third kappa shape index (κ3) is 4.84. The van der Waals surface area contributed by atoms with Gasteiger partial charge in [-0.1, -0.05) is 38.1 Å². The standard InChI is InChI=1S/C16H26F2N2/c1-5-13-7-9-14(10-8-13)16(19-6-2)12(3)20(4)11-15(17)18/h7-10,12,15-16,19H,5-6,11H2,1-4H3. The first-order valence-electron chi connectivity index (χ1n) is 7.30. The number of aryl methyl sites for hydroxylation is 1. The first-order valence-corrected chi connectivity index (χ1v) is 7.30. The van der Waals surface area contributed by atoms with Crippen LogP contribution in [0.3, 0.4) is 0 Å². The van der Waals surface area contributed by atoms with Gasteiger partial charge in [0.1, 0.15) is 0 Å². The summed E-state index contributed by atoms with van der Waals surface area (Å²) in [4.78, 5) is 1.71. The second-order valence-corrected chi connectivity index (χ2v) is 5.20. The van der Waals surface area contributed by atoms with E-state index in [1.54, 1.807) is 11.9 Å². The summed E-state index contributed by atoms with van der Waals surface area (Å²) in [5.74, 6) is 0. The molecule has 0 saturated heterocycles. The lowest BCUT2D eigenvalue weighted by Crippen LogP contribution is -2.42. The number of hydrogen-bond acceptors (Lipinski definition) is 2. The van der Waals surface area contributed by atoms with Gasteiger partial charge in [0.05, 0.1) is 6.54 Å². The van der Waals surface area contributed by atoms with Gasteiger partial charge in [0.15, 0.2) is 0 Å². The summed E-state index contributed by atoms with van der Waals surface area (Å²) in [6.07, 6.45) is -1.29. The molecule has 0 fully saturated rings. The van der Waals surface area contributed by atoms with Crippen LogP contribution in [0.15, 0.2) is 24.3 Å². The lowest BCUT2D eigenvalue weighted by Gasteiger charge is -2.32. The van der Waals surface area contributed by atoms with Crippen molar-refractivity contribution < 1.29 is 8.78 Å². The molecular weight excluding hydrogens is 258 g/mol. The van der Waals surface area contributed by atoms with Crippen LogP contribution in [0.1, 0.15) is 37.9 Å². The van der Waals surface area contributed by atoms with Gasteiger partial charge in [0.2, 0.25) is 0 Å². The Morgan fingerprint density at radius 2 is 1.75 bits per heavy atom. The van der Waals surface area contributed by atoms with Crippen LogP contribution < -0.4 is 5.32 Å². The van der Waals surface area contributed by atoms with Crippen molar-refractivity contribution >= 4 is 0 Å². The molecule has 0 aliphatic carbocycles. The van der Waals surface area contributed by atoms with Crippen molar-refractivity contribution in [1.29, 1.82) is 0 Å². The fourth-order valence-electron chi connectivity index (χ4n) is 2.39. The van der Waals surface area contributed by atoms with Crippen molar-refractivity contribution in [1.82, 2.24) is 10.2 Å². The second kappa shape index (κ2) is 8.32. The van der Waals surface area contributed by atoms with Gasteiger partial charge in [-0.3, -0.25) is 4.90 Å². The predicted molar refractivity (Wildman–Crippen MR) is 80.3 cm³/mol. The third-order valence-corrected chi connectivity index (χ3v) is 3.77. The summed E-state index contributed by atoms with van der Waals surface area (Å²) < 4.78 is 25.1. The Balaban J connectivity index is 2.85. The van der Waals surface area contributed by atoms with E-state index in [4.69, 9.17) is 0 Å². The smallest absolute Gasteiger partial charge is 0.251 e. The van der Waals surface area contributed by atoms with E-state index in [9.17, 15) is 8.78 Å². The van der Waals surface area contributed by atoms with Crippen molar-refractivity contribution in [2.75, 3.05) is 20.1 Å². The van der Waals surface area contributed by atoms with E-state index in [2.05, 4.69) is 36.5 Å². The molecule has 0 bridgehead atoms. The summed E-state index contributed by atoms with van der Waals surface area (Å²) in [5.41, 5.74) is 2.44. The number of alkyl halides is 2. The van der Waals surface area contributed by atoms with Crippen molar-refractivity contribution in [3.8, 4) is 0 Å². The molecule has 4 heteroatoms. The van der Waals surface area contributed by atoms with E-state index < -0.39 is 6.43 Å². The summed E-state index contributed by atoms with van der Waals surface area (Å²) in [6.45, 7) is 6.76. The molecule has 2 nitrogen and oxygen atoms in total. The van der Waals surface area contributed by atoms with Gasteiger partial charge in [-0.15, -0.1) is 0 Å². The van der Waals surface area contributed by atoms with Crippen molar-refractivity contribution in [2.45, 2.75) is 45.7 Å². The maximum absolute atomic E-state index is 12.5. The summed E-state index contributed by atoms with van der Waals surface area (Å²) in [5, 5.41) is 3.40. The molecule has 0 aliphatic rings. The zero-order valence-electron chi connectivity index (χ0n) is 12.9. The van der Waals surface area contributed by atoms with Crippen molar-refractivity contribution in [3.05, 3.63) is 35.4 Å². The largest absolute Gasteiger partial charge is 0.309 e. The van der Waals surface area contributed by atoms with Crippen LogP contribution in [0.2, 0.25) is 0 Å². The monoisotopic (exact) mass is 284 g/mol. The normalized spacial score (nSPS) is 14.8. The van der Waals surface area contributed by atoms with Gasteiger partial charge in [-0.2, -0.15) is 0 Å². The van der Waals surface area contributed by atoms with E-state index in [0.717, 1.165) is 18.5 Å². The van der Waals surface area contributed by atoms with Crippen molar-refractivity contribution in [3.63, 3.8) is 0 Å². The molecule has 0 spiro atoms. The highest BCUT2D eigenvalue weighted by molar-refractivity contribution is 5.26. The molecule has 0 aliphatic heterocycles. The quantitative estimate of drug-likeness (QED) is 0.786. The molecule has 0 amide bonds. The minimum atomic E-state index is -2.30. The summed E-state index contributed by atoms with van der Waals surface area (Å²) in [6, 6.07) is 8.49. The highest BCUT2D eigenvalue weighted by atomic mass is 19.3. The molecule has 1 aromatic carbocycles. The Labute approximate surface area is 121 Å². The maximum atomic E-state index is 12.5. The van der Waals surface area contributed by atoms with E-state index in [0.29, 0.717) is 0 Å². The van der Waals surface area contributed by atoms with Crippen LogP contribution in [0.25, 0.3) is 0 Å². The SMILES string of the molecule is CCNC(c1ccc(CC)cc1)C(C)N(C)CC(F)F. The molecular formula is C16H26F2N2. The van der Waals surface area contributed by atoms with Gasteiger partial charge in [0.25, 0.3) is 6.43 Å². The summed E-state index contributed by atoms with van der Waals surface area (Å²) in [7, 11) is 1.75. The van der Waals surface area contributed by atoms with Gasteiger partial charge >= 0.3 is 0 Å². The van der Waals surface area contributed by atoms with E-state index in [1.807, 2.05) is 13.8 Å². The number of benzene rings is 1. The molecule has 0 saturated carbocycles. The third-order valence-electron chi connectivity index (χ3n) is 3.77. The van der Waals surface area contributed by atoms with Gasteiger partial charge in [-0.05, 0) is 38.1 Å². The first kappa shape index (κ1) is 17.1. The zero-order valence-corrected chi connectivity index (χ0v) is 12.9. The maximum Gasteiger partial charge on any atom is 0.251 e. The number of hydrogen-bond donors (Lipinski definition) is 1. The van der Waals surface area contributed by atoms with Gasteiger partial charge in [-0.25, -0.2) is 8.78 Å². The average Bonchev–Trinajstić information content (AvgIpc) is 2.43. The molecule has 0 heterocycles. The van der Waals surface area contributed by atoms with Crippen LogP contribution in [0, 0.1) is 0 Å². The number of nitrogens with zero attached hydrogens (tertiary/aromatic N) is 1. The van der Waals surface area contributed by atoms with Crippen LogP contribution in [0.4, 0.5) is 8.78 Å². The minimum Gasteiger partial charge on any atom is -0.309 e. The van der Waals surface area contributed by atoms with Gasteiger partial charge < -0.3 is 5.32 Å². The number of rotatable bonds is 8. The second-order valence-electron chi connectivity index (χ2n) is 5.20. The predicted octanol–water partition coefficient (Wildman–Crippen LogP) is 3.49. The van der Waals surface area contributed by atoms with Crippen LogP contribution in [-0.4, -0.2) is 37.5 Å². The van der Waals surface area contributed by atoms with Gasteiger partial charge in [0, 0.05) is 12.1 Å². The highest BCUT2D eigenvalue weighted by Crippen LogP contribution is 2.21. The highest BCUT2D eigenvalue weighted by Gasteiger charge is 2.23. The molecule has 0 radical (unpaired) electrons. The number of likely N-dealkylation sites (N-methyl/N-ethyl adjacent to an activating group) is 2. The van der Waals surface area contributed by atoms with Crippen LogP contribution >= 0.6 is 0 Å². The lowest BCUT2D eigenvalue weighted by atomic mass is 9.97. The minimum absolute atomic E-state index is 0.0106.